The number of anilines is 1. The van der Waals surface area contributed by atoms with Gasteiger partial charge in [0.25, 0.3) is 0 Å². The molecule has 1 heterocycles. The summed E-state index contributed by atoms with van der Waals surface area (Å²) in [5, 5.41) is 11.2. The van der Waals surface area contributed by atoms with Crippen molar-refractivity contribution < 1.29 is 14.3 Å². The van der Waals surface area contributed by atoms with Crippen LogP contribution in [-0.4, -0.2) is 38.9 Å². The number of methoxy groups -OCH3 is 1. The second-order valence-electron chi connectivity index (χ2n) is 5.40. The van der Waals surface area contributed by atoms with Crippen molar-refractivity contribution in [3.8, 4) is 5.75 Å². The maximum Gasteiger partial charge on any atom is 0.237 e. The van der Waals surface area contributed by atoms with Gasteiger partial charge in [-0.3, -0.25) is 9.59 Å². The summed E-state index contributed by atoms with van der Waals surface area (Å²) in [6.07, 6.45) is 0.635. The fraction of sp³-hybridized carbons (Fsp3) is 0.375. The van der Waals surface area contributed by atoms with Gasteiger partial charge in [0.05, 0.1) is 12.4 Å². The highest BCUT2D eigenvalue weighted by Gasteiger charge is 2.19. The number of hydrogen-bond donors (Lipinski definition) is 2. The molecule has 2 amide bonds. The third kappa shape index (κ3) is 5.21. The first-order valence-corrected chi connectivity index (χ1v) is 8.56. The number of carbonyl (C=O) groups excluding carboxylic acids is 2. The largest absolute Gasteiger partial charge is 0.497 e. The minimum atomic E-state index is -0.385. The number of rotatable bonds is 8. The number of aromatic nitrogens is 3. The summed E-state index contributed by atoms with van der Waals surface area (Å²) in [6.45, 7) is 1.79. The fourth-order valence-electron chi connectivity index (χ4n) is 2.03. The summed E-state index contributed by atoms with van der Waals surface area (Å²) in [4.78, 5) is 23.2. The molecule has 0 unspecified atom stereocenters. The average molecular weight is 363 g/mol. The van der Waals surface area contributed by atoms with E-state index in [2.05, 4.69) is 15.5 Å². The zero-order valence-corrected chi connectivity index (χ0v) is 15.2. The van der Waals surface area contributed by atoms with Gasteiger partial charge in [-0.15, -0.1) is 10.2 Å². The molecule has 0 spiro atoms. The molecule has 8 nitrogen and oxygen atoms in total. The number of benzene rings is 1. The Kier molecular flexibility index (Phi) is 6.40. The van der Waals surface area contributed by atoms with Crippen LogP contribution in [0.3, 0.4) is 0 Å². The first kappa shape index (κ1) is 18.8. The van der Waals surface area contributed by atoms with E-state index in [1.54, 1.807) is 49.9 Å². The number of thioether (sulfide) groups is 1. The minimum absolute atomic E-state index is 0.142. The van der Waals surface area contributed by atoms with E-state index in [1.807, 2.05) is 0 Å². The van der Waals surface area contributed by atoms with Crippen LogP contribution in [0.15, 0.2) is 29.4 Å². The van der Waals surface area contributed by atoms with E-state index >= 15 is 0 Å². The maximum absolute atomic E-state index is 12.3. The summed E-state index contributed by atoms with van der Waals surface area (Å²) in [6, 6.07) is 7.11. The molecule has 0 saturated heterocycles. The lowest BCUT2D eigenvalue weighted by molar-refractivity contribution is -0.118. The maximum atomic E-state index is 12.3. The standard InChI is InChI=1S/C16H21N5O3S/c1-10(15(23)18-11-4-6-12(24-3)7-5-11)25-16-20-19-14(21(16)2)9-8-13(17)22/h4-7,10H,8-9H2,1-3H3,(H2,17,22)(H,18,23)/t10-/m1/s1. The molecule has 0 fully saturated rings. The molecule has 0 saturated carbocycles. The average Bonchev–Trinajstić information content (AvgIpc) is 2.93. The third-order valence-corrected chi connectivity index (χ3v) is 4.66. The lowest BCUT2D eigenvalue weighted by atomic mass is 10.3. The summed E-state index contributed by atoms with van der Waals surface area (Å²) in [5.74, 6) is 0.855. The van der Waals surface area contributed by atoms with E-state index in [1.165, 1.54) is 11.8 Å². The minimum Gasteiger partial charge on any atom is -0.497 e. The van der Waals surface area contributed by atoms with Gasteiger partial charge in [-0.05, 0) is 31.2 Å². The van der Waals surface area contributed by atoms with E-state index < -0.39 is 0 Å². The van der Waals surface area contributed by atoms with Crippen LogP contribution < -0.4 is 15.8 Å². The Labute approximate surface area is 150 Å². The van der Waals surface area contributed by atoms with Crippen molar-refractivity contribution in [1.29, 1.82) is 0 Å². The summed E-state index contributed by atoms with van der Waals surface area (Å²) in [7, 11) is 3.39. The predicted octanol–water partition coefficient (Wildman–Crippen LogP) is 1.36. The molecule has 3 N–H and O–H groups in total. The Morgan fingerprint density at radius 2 is 2.00 bits per heavy atom. The number of hydrogen-bond acceptors (Lipinski definition) is 6. The molecule has 1 aromatic heterocycles. The quantitative estimate of drug-likeness (QED) is 0.685. The molecule has 0 radical (unpaired) electrons. The zero-order valence-electron chi connectivity index (χ0n) is 14.4. The number of primary amides is 1. The van der Waals surface area contributed by atoms with Gasteiger partial charge in [-0.1, -0.05) is 11.8 Å². The van der Waals surface area contributed by atoms with Crippen molar-refractivity contribution in [2.45, 2.75) is 30.2 Å². The van der Waals surface area contributed by atoms with Crippen molar-refractivity contribution in [1.82, 2.24) is 14.8 Å². The molecule has 25 heavy (non-hydrogen) atoms. The van der Waals surface area contributed by atoms with Crippen LogP contribution >= 0.6 is 11.8 Å². The highest BCUT2D eigenvalue weighted by molar-refractivity contribution is 8.00. The lowest BCUT2D eigenvalue weighted by Crippen LogP contribution is -2.22. The van der Waals surface area contributed by atoms with E-state index in [-0.39, 0.29) is 23.5 Å². The van der Waals surface area contributed by atoms with Crippen LogP contribution in [0, 0.1) is 0 Å². The number of amides is 2. The number of nitrogens with zero attached hydrogens (tertiary/aromatic N) is 3. The molecule has 2 aromatic rings. The molecule has 9 heteroatoms. The summed E-state index contributed by atoms with van der Waals surface area (Å²) in [5.41, 5.74) is 5.84. The Hall–Kier alpha value is -2.55. The number of aryl methyl sites for hydroxylation is 1. The Balaban J connectivity index is 1.95. The molecule has 0 bridgehead atoms. The summed E-state index contributed by atoms with van der Waals surface area (Å²) < 4.78 is 6.86. The van der Waals surface area contributed by atoms with E-state index in [0.717, 1.165) is 5.75 Å². The molecule has 0 aliphatic rings. The van der Waals surface area contributed by atoms with Crippen molar-refractivity contribution in [3.63, 3.8) is 0 Å². The summed E-state index contributed by atoms with van der Waals surface area (Å²) >= 11 is 1.30. The van der Waals surface area contributed by atoms with Crippen LogP contribution in [0.2, 0.25) is 0 Å². The van der Waals surface area contributed by atoms with Gasteiger partial charge in [0, 0.05) is 25.6 Å². The SMILES string of the molecule is COc1ccc(NC(=O)[C@@H](C)Sc2nnc(CCC(N)=O)n2C)cc1. The van der Waals surface area contributed by atoms with Crippen LogP contribution in [0.4, 0.5) is 5.69 Å². The van der Waals surface area contributed by atoms with Crippen LogP contribution in [-0.2, 0) is 23.1 Å². The molecular formula is C16H21N5O3S. The van der Waals surface area contributed by atoms with E-state index in [9.17, 15) is 9.59 Å². The van der Waals surface area contributed by atoms with Gasteiger partial charge in [-0.2, -0.15) is 0 Å². The number of nitrogens with one attached hydrogen (secondary N) is 1. The van der Waals surface area contributed by atoms with Crippen molar-refractivity contribution in [2.75, 3.05) is 12.4 Å². The molecule has 0 aliphatic carbocycles. The Bertz CT molecular complexity index is 745. The van der Waals surface area contributed by atoms with Crippen LogP contribution in [0.25, 0.3) is 0 Å². The molecular weight excluding hydrogens is 342 g/mol. The topological polar surface area (TPSA) is 112 Å². The Morgan fingerprint density at radius 1 is 1.32 bits per heavy atom. The molecule has 2 rings (SSSR count). The monoisotopic (exact) mass is 363 g/mol. The van der Waals surface area contributed by atoms with Crippen LogP contribution in [0.1, 0.15) is 19.2 Å². The van der Waals surface area contributed by atoms with E-state index in [0.29, 0.717) is 23.1 Å². The van der Waals surface area contributed by atoms with Crippen LogP contribution in [0.5, 0.6) is 5.75 Å². The van der Waals surface area contributed by atoms with Gasteiger partial charge < -0.3 is 20.4 Å². The predicted molar refractivity (Wildman–Crippen MR) is 95.5 cm³/mol. The van der Waals surface area contributed by atoms with Crippen molar-refractivity contribution >= 4 is 29.3 Å². The first-order chi connectivity index (χ1) is 11.9. The number of nitrogens with two attached hydrogens (primary N) is 1. The molecule has 1 aromatic carbocycles. The van der Waals surface area contributed by atoms with Gasteiger partial charge in [0.2, 0.25) is 11.8 Å². The van der Waals surface area contributed by atoms with Gasteiger partial charge in [0.1, 0.15) is 11.6 Å². The van der Waals surface area contributed by atoms with Gasteiger partial charge >= 0.3 is 0 Å². The fourth-order valence-corrected chi connectivity index (χ4v) is 2.86. The molecule has 1 atom stereocenters. The highest BCUT2D eigenvalue weighted by atomic mass is 32.2. The van der Waals surface area contributed by atoms with Gasteiger partial charge in [-0.25, -0.2) is 0 Å². The normalized spacial score (nSPS) is 11.8. The molecule has 134 valence electrons. The highest BCUT2D eigenvalue weighted by Crippen LogP contribution is 2.23. The number of carbonyl (C=O) groups is 2. The Morgan fingerprint density at radius 3 is 2.60 bits per heavy atom. The lowest BCUT2D eigenvalue weighted by Gasteiger charge is -2.12. The second-order valence-corrected chi connectivity index (χ2v) is 6.71. The van der Waals surface area contributed by atoms with Gasteiger partial charge in [0.15, 0.2) is 5.16 Å². The third-order valence-electron chi connectivity index (χ3n) is 3.53. The first-order valence-electron chi connectivity index (χ1n) is 7.69. The molecule has 0 aliphatic heterocycles. The second kappa shape index (κ2) is 8.52. The van der Waals surface area contributed by atoms with Crippen molar-refractivity contribution in [2.24, 2.45) is 12.8 Å². The smallest absolute Gasteiger partial charge is 0.237 e. The zero-order chi connectivity index (χ0) is 18.4. The number of ether oxygens (including phenoxy) is 1. The van der Waals surface area contributed by atoms with E-state index in [4.69, 9.17) is 10.5 Å². The van der Waals surface area contributed by atoms with Crippen molar-refractivity contribution in [3.05, 3.63) is 30.1 Å².